The number of hydrogen-bond donors (Lipinski definition) is 2. The molecule has 0 saturated heterocycles. The van der Waals surface area contributed by atoms with Crippen molar-refractivity contribution in [2.45, 2.75) is 18.9 Å². The Morgan fingerprint density at radius 3 is 2.67 bits per heavy atom. The number of benzene rings is 2. The van der Waals surface area contributed by atoms with E-state index in [9.17, 15) is 4.79 Å². The number of rotatable bonds is 4. The Bertz CT molecular complexity index is 907. The maximum Gasteiger partial charge on any atom is 0.255 e. The molecule has 0 spiro atoms. The van der Waals surface area contributed by atoms with Crippen LogP contribution in [0, 0.1) is 0 Å². The highest BCUT2D eigenvalue weighted by Crippen LogP contribution is 2.31. The minimum Gasteiger partial charge on any atom is -0.354 e. The monoisotopic (exact) mass is 337 g/mol. The van der Waals surface area contributed by atoms with Crippen molar-refractivity contribution in [1.29, 1.82) is 0 Å². The summed E-state index contributed by atoms with van der Waals surface area (Å²) in [5.74, 6) is -0.106. The molecule has 1 heterocycles. The molecule has 1 saturated carbocycles. The van der Waals surface area contributed by atoms with Crippen molar-refractivity contribution in [3.05, 3.63) is 65.3 Å². The average Bonchev–Trinajstić information content (AvgIpc) is 3.40. The van der Waals surface area contributed by atoms with E-state index in [0.717, 1.165) is 35.1 Å². The third-order valence-electron chi connectivity index (χ3n) is 4.03. The molecule has 0 unspecified atom stereocenters. The van der Waals surface area contributed by atoms with Crippen molar-refractivity contribution in [3.8, 4) is 0 Å². The van der Waals surface area contributed by atoms with Crippen LogP contribution in [-0.2, 0) is 0 Å². The maximum absolute atomic E-state index is 12.6. The van der Waals surface area contributed by atoms with Crippen LogP contribution in [0.5, 0.6) is 0 Å². The number of nitrogens with zero attached hydrogens (tertiary/aromatic N) is 1. The molecule has 1 amide bonds. The van der Waals surface area contributed by atoms with E-state index >= 15 is 0 Å². The molecule has 0 bridgehead atoms. The number of amides is 1. The van der Waals surface area contributed by atoms with E-state index in [-0.39, 0.29) is 11.9 Å². The largest absolute Gasteiger partial charge is 0.354 e. The topological polar surface area (TPSA) is 54.0 Å². The number of anilines is 2. The number of carbonyl (C=O) groups is 1. The molecule has 0 atom stereocenters. The summed E-state index contributed by atoms with van der Waals surface area (Å²) < 4.78 is 0. The average molecular weight is 338 g/mol. The summed E-state index contributed by atoms with van der Waals surface area (Å²) in [6.45, 7) is 0. The van der Waals surface area contributed by atoms with E-state index in [4.69, 9.17) is 11.6 Å². The molecule has 5 heteroatoms. The zero-order valence-corrected chi connectivity index (χ0v) is 13.7. The van der Waals surface area contributed by atoms with Gasteiger partial charge < -0.3 is 10.6 Å². The molecule has 2 N–H and O–H groups in total. The van der Waals surface area contributed by atoms with Gasteiger partial charge in [0.2, 0.25) is 0 Å². The van der Waals surface area contributed by atoms with Gasteiger partial charge in [-0.15, -0.1) is 0 Å². The van der Waals surface area contributed by atoms with E-state index in [2.05, 4.69) is 15.6 Å². The van der Waals surface area contributed by atoms with Crippen LogP contribution < -0.4 is 10.6 Å². The zero-order chi connectivity index (χ0) is 16.5. The fraction of sp³-hybridized carbons (Fsp3) is 0.158. The Hall–Kier alpha value is -2.59. The molecule has 3 aromatic rings. The van der Waals surface area contributed by atoms with Gasteiger partial charge in [0.05, 0.1) is 16.8 Å². The van der Waals surface area contributed by atoms with Gasteiger partial charge in [0.25, 0.3) is 5.91 Å². The zero-order valence-electron chi connectivity index (χ0n) is 12.9. The Labute approximate surface area is 144 Å². The quantitative estimate of drug-likeness (QED) is 0.735. The van der Waals surface area contributed by atoms with Gasteiger partial charge in [-0.3, -0.25) is 9.78 Å². The van der Waals surface area contributed by atoms with Crippen molar-refractivity contribution in [1.82, 2.24) is 10.3 Å². The third kappa shape index (κ3) is 3.05. The summed E-state index contributed by atoms with van der Waals surface area (Å²) in [7, 11) is 0. The molecule has 2 aromatic carbocycles. The smallest absolute Gasteiger partial charge is 0.255 e. The maximum atomic E-state index is 12.6. The first-order valence-corrected chi connectivity index (χ1v) is 8.30. The second kappa shape index (κ2) is 6.13. The Kier molecular flexibility index (Phi) is 3.82. The highest BCUT2D eigenvalue weighted by atomic mass is 35.5. The number of halogens is 1. The lowest BCUT2D eigenvalue weighted by Crippen LogP contribution is -2.26. The molecular formula is C19H16ClN3O. The van der Waals surface area contributed by atoms with Gasteiger partial charge in [0.15, 0.2) is 0 Å². The fourth-order valence-corrected chi connectivity index (χ4v) is 2.80. The Morgan fingerprint density at radius 2 is 1.92 bits per heavy atom. The molecule has 120 valence electrons. The summed E-state index contributed by atoms with van der Waals surface area (Å²) in [5.41, 5.74) is 2.96. The molecule has 4 rings (SSSR count). The van der Waals surface area contributed by atoms with Gasteiger partial charge in [-0.25, -0.2) is 0 Å². The van der Waals surface area contributed by atoms with Crippen molar-refractivity contribution in [2.24, 2.45) is 0 Å². The number of nitrogens with one attached hydrogen (secondary N) is 2. The van der Waals surface area contributed by atoms with Crippen LogP contribution in [0.4, 0.5) is 11.4 Å². The number of para-hydroxylation sites is 1. The van der Waals surface area contributed by atoms with Crippen molar-refractivity contribution >= 4 is 39.8 Å². The number of fused-ring (bicyclic) bond motifs is 1. The van der Waals surface area contributed by atoms with Gasteiger partial charge >= 0.3 is 0 Å². The van der Waals surface area contributed by atoms with Crippen LogP contribution in [-0.4, -0.2) is 16.9 Å². The van der Waals surface area contributed by atoms with Gasteiger partial charge in [-0.1, -0.05) is 29.8 Å². The predicted molar refractivity (Wildman–Crippen MR) is 97.0 cm³/mol. The Morgan fingerprint density at radius 1 is 1.12 bits per heavy atom. The third-order valence-corrected chi connectivity index (χ3v) is 4.27. The van der Waals surface area contributed by atoms with E-state index in [1.165, 1.54) is 0 Å². The second-order valence-corrected chi connectivity index (χ2v) is 6.38. The van der Waals surface area contributed by atoms with Gasteiger partial charge in [-0.05, 0) is 43.2 Å². The fourth-order valence-electron chi connectivity index (χ4n) is 2.63. The van der Waals surface area contributed by atoms with Gasteiger partial charge in [0.1, 0.15) is 0 Å². The number of hydrogen-bond acceptors (Lipinski definition) is 3. The first kappa shape index (κ1) is 15.0. The van der Waals surface area contributed by atoms with Crippen LogP contribution in [0.3, 0.4) is 0 Å². The summed E-state index contributed by atoms with van der Waals surface area (Å²) in [6, 6.07) is 15.5. The SMILES string of the molecule is O=C(NC1CC1)c1cnc2ccc(Cl)cc2c1Nc1ccccc1. The number of aromatic nitrogens is 1. The molecule has 1 fully saturated rings. The predicted octanol–water partition coefficient (Wildman–Crippen LogP) is 4.52. The highest BCUT2D eigenvalue weighted by molar-refractivity contribution is 6.31. The van der Waals surface area contributed by atoms with Crippen molar-refractivity contribution < 1.29 is 4.79 Å². The highest BCUT2D eigenvalue weighted by Gasteiger charge is 2.25. The standard InChI is InChI=1S/C19H16ClN3O/c20-12-6-9-17-15(10-12)18(22-13-4-2-1-3-5-13)16(11-21-17)19(24)23-14-7-8-14/h1-6,9-11,14H,7-8H2,(H,21,22)(H,23,24). The molecule has 1 aliphatic carbocycles. The molecule has 1 aliphatic rings. The van der Waals surface area contributed by atoms with E-state index in [1.54, 1.807) is 12.3 Å². The molecule has 24 heavy (non-hydrogen) atoms. The number of carbonyl (C=O) groups excluding carboxylic acids is 1. The summed E-state index contributed by atoms with van der Waals surface area (Å²) in [6.07, 6.45) is 3.71. The first-order chi connectivity index (χ1) is 11.7. The van der Waals surface area contributed by atoms with E-state index in [0.29, 0.717) is 10.6 Å². The van der Waals surface area contributed by atoms with E-state index < -0.39 is 0 Å². The minimum atomic E-state index is -0.106. The first-order valence-electron chi connectivity index (χ1n) is 7.92. The van der Waals surface area contributed by atoms with Crippen LogP contribution >= 0.6 is 11.6 Å². The molecular weight excluding hydrogens is 322 g/mol. The minimum absolute atomic E-state index is 0.106. The molecule has 1 aromatic heterocycles. The normalized spacial score (nSPS) is 13.7. The lowest BCUT2D eigenvalue weighted by molar-refractivity contribution is 0.0951. The summed E-state index contributed by atoms with van der Waals surface area (Å²) in [5, 5.41) is 7.82. The van der Waals surface area contributed by atoms with Gasteiger partial charge in [0, 0.05) is 28.3 Å². The number of pyridine rings is 1. The van der Waals surface area contributed by atoms with Crippen LogP contribution in [0.15, 0.2) is 54.7 Å². The lowest BCUT2D eigenvalue weighted by atomic mass is 10.1. The van der Waals surface area contributed by atoms with Crippen LogP contribution in [0.2, 0.25) is 5.02 Å². The van der Waals surface area contributed by atoms with Crippen LogP contribution in [0.1, 0.15) is 23.2 Å². The molecule has 0 aliphatic heterocycles. The van der Waals surface area contributed by atoms with Crippen molar-refractivity contribution in [2.75, 3.05) is 5.32 Å². The van der Waals surface area contributed by atoms with Gasteiger partial charge in [-0.2, -0.15) is 0 Å². The Balaban J connectivity index is 1.83. The molecule has 4 nitrogen and oxygen atoms in total. The van der Waals surface area contributed by atoms with Crippen molar-refractivity contribution in [3.63, 3.8) is 0 Å². The second-order valence-electron chi connectivity index (χ2n) is 5.95. The summed E-state index contributed by atoms with van der Waals surface area (Å²) in [4.78, 5) is 17.0. The van der Waals surface area contributed by atoms with Crippen LogP contribution in [0.25, 0.3) is 10.9 Å². The van der Waals surface area contributed by atoms with E-state index in [1.807, 2.05) is 42.5 Å². The summed E-state index contributed by atoms with van der Waals surface area (Å²) >= 11 is 6.16. The molecule has 0 radical (unpaired) electrons. The lowest BCUT2D eigenvalue weighted by Gasteiger charge is -2.15.